The van der Waals surface area contributed by atoms with Gasteiger partial charge in [0.25, 0.3) is 0 Å². The normalized spacial score (nSPS) is 22.4. The van der Waals surface area contributed by atoms with Crippen molar-refractivity contribution < 1.29 is 33.2 Å². The van der Waals surface area contributed by atoms with Crippen molar-refractivity contribution in [2.75, 3.05) is 85.0 Å². The molecule has 1 heterocycles. The maximum Gasteiger partial charge on any atom is 0.121 e. The second-order valence-electron chi connectivity index (χ2n) is 5.90. The second-order valence-corrected chi connectivity index (χ2v) is 5.90. The van der Waals surface area contributed by atoms with Crippen LogP contribution < -0.4 is 10.5 Å². The molecule has 154 valence electrons. The monoisotopic (exact) mass is 385 g/mol. The van der Waals surface area contributed by atoms with Gasteiger partial charge < -0.3 is 38.9 Å². The Labute approximate surface area is 160 Å². The largest absolute Gasteiger partial charge is 0.491 e. The van der Waals surface area contributed by atoms with Crippen LogP contribution in [0.3, 0.4) is 0 Å². The van der Waals surface area contributed by atoms with Crippen molar-refractivity contribution in [2.45, 2.75) is 6.10 Å². The lowest BCUT2D eigenvalue weighted by Crippen LogP contribution is -2.29. The molecule has 1 atom stereocenters. The predicted molar refractivity (Wildman–Crippen MR) is 100 cm³/mol. The Balaban J connectivity index is 1.73. The molecule has 1 aliphatic heterocycles. The number of hydrogen-bond donors (Lipinski definition) is 1. The fourth-order valence-electron chi connectivity index (χ4n) is 2.31. The maximum absolute atomic E-state index is 5.83. The quantitative estimate of drug-likeness (QED) is 0.775. The molecule has 0 aromatic heterocycles. The Morgan fingerprint density at radius 1 is 0.778 bits per heavy atom. The summed E-state index contributed by atoms with van der Waals surface area (Å²) >= 11 is 0. The van der Waals surface area contributed by atoms with E-state index in [9.17, 15) is 0 Å². The van der Waals surface area contributed by atoms with Gasteiger partial charge in [-0.15, -0.1) is 0 Å². The Morgan fingerprint density at radius 3 is 1.93 bits per heavy atom. The summed E-state index contributed by atoms with van der Waals surface area (Å²) in [6.45, 7) is 5.93. The number of hydrogen-bond acceptors (Lipinski definition) is 8. The molecule has 0 aliphatic carbocycles. The molecule has 8 nitrogen and oxygen atoms in total. The summed E-state index contributed by atoms with van der Waals surface area (Å²) in [6, 6.07) is 7.30. The fourth-order valence-corrected chi connectivity index (χ4v) is 2.31. The van der Waals surface area contributed by atoms with Gasteiger partial charge in [0.05, 0.1) is 72.7 Å². The Kier molecular flexibility index (Phi) is 11.8. The van der Waals surface area contributed by atoms with E-state index in [2.05, 4.69) is 0 Å². The Hall–Kier alpha value is -1.42. The summed E-state index contributed by atoms with van der Waals surface area (Å²) in [4.78, 5) is 0. The molecule has 8 heteroatoms. The maximum atomic E-state index is 5.83. The molecular weight excluding hydrogens is 354 g/mol. The molecule has 1 aromatic carbocycles. The number of anilines is 1. The molecule has 1 aliphatic rings. The van der Waals surface area contributed by atoms with Crippen molar-refractivity contribution in [3.8, 4) is 5.75 Å². The minimum atomic E-state index is -0.214. The number of benzene rings is 1. The molecule has 1 aromatic rings. The van der Waals surface area contributed by atoms with E-state index in [4.69, 9.17) is 38.9 Å². The van der Waals surface area contributed by atoms with Crippen LogP contribution in [0.1, 0.15) is 0 Å². The number of rotatable bonds is 3. The lowest BCUT2D eigenvalue weighted by molar-refractivity contribution is -0.0711. The minimum absolute atomic E-state index is 0.214. The van der Waals surface area contributed by atoms with Gasteiger partial charge in [-0.25, -0.2) is 0 Å². The highest BCUT2D eigenvalue weighted by atomic mass is 16.6. The van der Waals surface area contributed by atoms with Gasteiger partial charge in [-0.05, 0) is 12.1 Å². The molecule has 0 spiro atoms. The third-order valence-electron chi connectivity index (χ3n) is 3.67. The number of nitrogen functional groups attached to an aromatic ring is 1. The van der Waals surface area contributed by atoms with Crippen LogP contribution in [0, 0.1) is 0 Å². The molecule has 27 heavy (non-hydrogen) atoms. The predicted octanol–water partition coefficient (Wildman–Crippen LogP) is 1.13. The fraction of sp³-hybridized carbons (Fsp3) is 0.684. The molecular formula is C19H31NO7. The summed E-state index contributed by atoms with van der Waals surface area (Å²) < 4.78 is 39.0. The van der Waals surface area contributed by atoms with E-state index in [-0.39, 0.29) is 6.10 Å². The minimum Gasteiger partial charge on any atom is -0.491 e. The van der Waals surface area contributed by atoms with Crippen LogP contribution in [0.15, 0.2) is 24.3 Å². The van der Waals surface area contributed by atoms with E-state index < -0.39 is 0 Å². The first kappa shape index (κ1) is 21.9. The third kappa shape index (κ3) is 11.1. The highest BCUT2D eigenvalue weighted by molar-refractivity contribution is 5.43. The first-order valence-electron chi connectivity index (χ1n) is 9.33. The topological polar surface area (TPSA) is 90.6 Å². The highest BCUT2D eigenvalue weighted by Gasteiger charge is 2.11. The molecule has 1 fully saturated rings. The Morgan fingerprint density at radius 2 is 1.33 bits per heavy atom. The summed E-state index contributed by atoms with van der Waals surface area (Å²) in [5.74, 6) is 0.704. The molecule has 0 amide bonds. The zero-order valence-electron chi connectivity index (χ0n) is 15.8. The van der Waals surface area contributed by atoms with Gasteiger partial charge >= 0.3 is 0 Å². The summed E-state index contributed by atoms with van der Waals surface area (Å²) in [6.07, 6.45) is -0.214. The van der Waals surface area contributed by atoms with Gasteiger partial charge in [0.15, 0.2) is 0 Å². The SMILES string of the molecule is Nc1cccc(OCC2COCCOCCOCCOCCOCCO2)c1. The summed E-state index contributed by atoms with van der Waals surface area (Å²) in [5.41, 5.74) is 6.43. The van der Waals surface area contributed by atoms with Gasteiger partial charge in [0.2, 0.25) is 0 Å². The molecule has 2 N–H and O–H groups in total. The lowest BCUT2D eigenvalue weighted by atomic mass is 10.3. The second kappa shape index (κ2) is 14.6. The molecule has 1 unspecified atom stereocenters. The van der Waals surface area contributed by atoms with E-state index in [1.807, 2.05) is 18.2 Å². The van der Waals surface area contributed by atoms with Crippen LogP contribution in [0.5, 0.6) is 5.75 Å². The summed E-state index contributed by atoms with van der Waals surface area (Å²) in [5, 5.41) is 0. The standard InChI is InChI=1S/C19H31NO7/c20-17-2-1-3-18(14-17)27-16-19-15-25-11-10-23-7-6-21-4-5-22-8-9-24-12-13-26-19/h1-3,14,19H,4-13,15-16,20H2. The van der Waals surface area contributed by atoms with Gasteiger partial charge in [-0.3, -0.25) is 0 Å². The highest BCUT2D eigenvalue weighted by Crippen LogP contribution is 2.15. The van der Waals surface area contributed by atoms with Gasteiger partial charge in [0.1, 0.15) is 18.5 Å². The van der Waals surface area contributed by atoms with Gasteiger partial charge in [-0.2, -0.15) is 0 Å². The van der Waals surface area contributed by atoms with Crippen molar-refractivity contribution in [2.24, 2.45) is 0 Å². The van der Waals surface area contributed by atoms with Crippen molar-refractivity contribution >= 4 is 5.69 Å². The zero-order chi connectivity index (χ0) is 19.0. The average molecular weight is 385 g/mol. The zero-order valence-corrected chi connectivity index (χ0v) is 15.8. The van der Waals surface area contributed by atoms with Crippen LogP contribution in [0.2, 0.25) is 0 Å². The lowest BCUT2D eigenvalue weighted by Gasteiger charge is -2.19. The van der Waals surface area contributed by atoms with E-state index in [0.717, 1.165) is 0 Å². The van der Waals surface area contributed by atoms with Crippen molar-refractivity contribution in [1.82, 2.24) is 0 Å². The third-order valence-corrected chi connectivity index (χ3v) is 3.67. The molecule has 1 saturated heterocycles. The molecule has 0 saturated carbocycles. The van der Waals surface area contributed by atoms with Crippen LogP contribution in [-0.2, 0) is 28.4 Å². The Bertz CT molecular complexity index is 471. The van der Waals surface area contributed by atoms with E-state index in [0.29, 0.717) is 90.7 Å². The van der Waals surface area contributed by atoms with Crippen molar-refractivity contribution in [3.05, 3.63) is 24.3 Å². The van der Waals surface area contributed by atoms with Gasteiger partial charge in [-0.1, -0.05) is 6.07 Å². The smallest absolute Gasteiger partial charge is 0.121 e. The van der Waals surface area contributed by atoms with Crippen molar-refractivity contribution in [1.29, 1.82) is 0 Å². The average Bonchev–Trinajstić information content (AvgIpc) is 2.67. The molecule has 0 bridgehead atoms. The van der Waals surface area contributed by atoms with E-state index in [1.54, 1.807) is 6.07 Å². The van der Waals surface area contributed by atoms with Crippen LogP contribution in [0.4, 0.5) is 5.69 Å². The van der Waals surface area contributed by atoms with Crippen LogP contribution in [-0.4, -0.2) is 85.4 Å². The van der Waals surface area contributed by atoms with E-state index in [1.165, 1.54) is 0 Å². The molecule has 2 rings (SSSR count). The van der Waals surface area contributed by atoms with Crippen molar-refractivity contribution in [3.63, 3.8) is 0 Å². The first-order chi connectivity index (χ1) is 13.3. The number of ether oxygens (including phenoxy) is 7. The molecule has 0 radical (unpaired) electrons. The van der Waals surface area contributed by atoms with Crippen LogP contribution >= 0.6 is 0 Å². The van der Waals surface area contributed by atoms with Gasteiger partial charge in [0, 0.05) is 11.8 Å². The summed E-state index contributed by atoms with van der Waals surface area (Å²) in [7, 11) is 0. The first-order valence-corrected chi connectivity index (χ1v) is 9.33. The van der Waals surface area contributed by atoms with E-state index >= 15 is 0 Å². The number of nitrogens with two attached hydrogens (primary N) is 1. The van der Waals surface area contributed by atoms with Crippen LogP contribution in [0.25, 0.3) is 0 Å².